The monoisotopic (exact) mass is 646 g/mol. The summed E-state index contributed by atoms with van der Waals surface area (Å²) in [6, 6.07) is 5.56. The summed E-state index contributed by atoms with van der Waals surface area (Å²) in [6.07, 6.45) is 2.35. The third kappa shape index (κ3) is 5.98. The van der Waals surface area contributed by atoms with Gasteiger partial charge in [0.1, 0.15) is 0 Å². The van der Waals surface area contributed by atoms with Gasteiger partial charge in [0.2, 0.25) is 0 Å². The average Bonchev–Trinajstić information content (AvgIpc) is 3.50. The highest BCUT2D eigenvalue weighted by Crippen LogP contribution is 2.41. The fourth-order valence-corrected chi connectivity index (χ4v) is 6.48. The second kappa shape index (κ2) is 13.0. The summed E-state index contributed by atoms with van der Waals surface area (Å²) in [6.45, 7) is 9.11. The van der Waals surface area contributed by atoms with Crippen molar-refractivity contribution in [2.45, 2.75) is 43.9 Å². The van der Waals surface area contributed by atoms with E-state index in [4.69, 9.17) is 18.9 Å². The zero-order valence-corrected chi connectivity index (χ0v) is 26.4. The molecule has 2 fully saturated rings. The van der Waals surface area contributed by atoms with E-state index in [9.17, 15) is 24.6 Å². The molecule has 13 heteroatoms. The molecule has 2 saturated heterocycles. The lowest BCUT2D eigenvalue weighted by Gasteiger charge is -2.26. The molecule has 0 aromatic heterocycles. The fraction of sp³-hybridized carbons (Fsp3) is 0.412. The molecule has 0 radical (unpaired) electrons. The van der Waals surface area contributed by atoms with E-state index in [-0.39, 0.29) is 36.3 Å². The number of fused-ring (bicyclic) bond motifs is 4. The fourth-order valence-electron chi connectivity index (χ4n) is 6.48. The van der Waals surface area contributed by atoms with Gasteiger partial charge in [-0.2, -0.15) is 0 Å². The number of aliphatic hydroxyl groups is 1. The maximum atomic E-state index is 13.4. The SMILES string of the molecule is C=C1C[C@H]2C=Nc3cc(OCCCCCOc4cc5c(cc4OC)C(=O)N4CC(=C)C(O)[C@@H]4CN5C(=O)O)c(OC)cc3C(=O)N2C1. The highest BCUT2D eigenvalue weighted by Gasteiger charge is 2.45. The van der Waals surface area contributed by atoms with E-state index in [1.54, 1.807) is 23.2 Å². The molecule has 4 aliphatic heterocycles. The Bertz CT molecular complexity index is 1670. The predicted octanol–water partition coefficient (Wildman–Crippen LogP) is 4.06. The Kier molecular flexibility index (Phi) is 8.82. The van der Waals surface area contributed by atoms with Crippen LogP contribution < -0.4 is 23.8 Å². The summed E-state index contributed by atoms with van der Waals surface area (Å²) in [4.78, 5) is 47.7. The van der Waals surface area contributed by atoms with Crippen LogP contribution in [-0.2, 0) is 0 Å². The number of rotatable bonds is 10. The maximum Gasteiger partial charge on any atom is 0.411 e. The van der Waals surface area contributed by atoms with Gasteiger partial charge in [-0.25, -0.2) is 4.79 Å². The highest BCUT2D eigenvalue weighted by atomic mass is 16.5. The Hall–Kier alpha value is -5.04. The second-order valence-electron chi connectivity index (χ2n) is 12.0. The van der Waals surface area contributed by atoms with Gasteiger partial charge in [-0.05, 0) is 43.4 Å². The van der Waals surface area contributed by atoms with Crippen molar-refractivity contribution in [1.82, 2.24) is 9.80 Å². The highest BCUT2D eigenvalue weighted by molar-refractivity contribution is 6.06. The molecular weight excluding hydrogens is 608 g/mol. The van der Waals surface area contributed by atoms with E-state index in [0.29, 0.717) is 78.8 Å². The van der Waals surface area contributed by atoms with Gasteiger partial charge in [-0.1, -0.05) is 18.7 Å². The Morgan fingerprint density at radius 3 is 2.19 bits per heavy atom. The van der Waals surface area contributed by atoms with E-state index >= 15 is 0 Å². The largest absolute Gasteiger partial charge is 0.493 e. The number of amides is 3. The lowest BCUT2D eigenvalue weighted by atomic mass is 10.1. The number of carbonyl (C=O) groups is 3. The third-order valence-corrected chi connectivity index (χ3v) is 8.98. The van der Waals surface area contributed by atoms with Gasteiger partial charge in [0, 0.05) is 31.4 Å². The van der Waals surface area contributed by atoms with Gasteiger partial charge < -0.3 is 39.0 Å². The standard InChI is InChI=1S/C34H38N4O9/c1-19-10-21-15-35-24-13-29(27(44-3)11-22(24)32(40)36(21)16-19)46-8-6-5-7-9-47-30-14-25-23(12-28(30)45-4)33(41)37-17-20(2)31(39)26(37)18-38(25)34(42)43/h11-15,21,26,31,39H,1-2,5-10,16-18H2,3-4H3,(H,42,43)/t21-,26-,31?/m0/s1. The van der Waals surface area contributed by atoms with Crippen molar-refractivity contribution in [3.8, 4) is 23.0 Å². The number of carbonyl (C=O) groups excluding carboxylic acids is 2. The summed E-state index contributed by atoms with van der Waals surface area (Å²) in [5.41, 5.74) is 2.79. The van der Waals surface area contributed by atoms with Crippen molar-refractivity contribution >= 4 is 35.5 Å². The number of aliphatic hydroxyl groups excluding tert-OH is 1. The van der Waals surface area contributed by atoms with Gasteiger partial charge in [-0.15, -0.1) is 0 Å². The third-order valence-electron chi connectivity index (χ3n) is 8.98. The maximum absolute atomic E-state index is 13.4. The minimum atomic E-state index is -1.25. The summed E-state index contributed by atoms with van der Waals surface area (Å²) in [5.74, 6) is 1.05. The molecule has 4 aliphatic rings. The Morgan fingerprint density at radius 1 is 0.894 bits per heavy atom. The molecule has 3 amide bonds. The summed E-state index contributed by atoms with van der Waals surface area (Å²) < 4.78 is 23.1. The molecule has 248 valence electrons. The molecule has 0 saturated carbocycles. The first-order valence-corrected chi connectivity index (χ1v) is 15.5. The number of unbranched alkanes of at least 4 members (excludes halogenated alkanes) is 2. The zero-order valence-electron chi connectivity index (χ0n) is 26.4. The Morgan fingerprint density at radius 2 is 1.53 bits per heavy atom. The van der Waals surface area contributed by atoms with Crippen LogP contribution in [0.15, 0.2) is 53.6 Å². The van der Waals surface area contributed by atoms with Crippen LogP contribution in [-0.4, -0.2) is 109 Å². The number of methoxy groups -OCH3 is 2. The van der Waals surface area contributed by atoms with Gasteiger partial charge in [-0.3, -0.25) is 19.5 Å². The van der Waals surface area contributed by atoms with Gasteiger partial charge in [0.05, 0.1) is 74.7 Å². The normalized spacial score (nSPS) is 21.5. The van der Waals surface area contributed by atoms with E-state index < -0.39 is 24.1 Å². The molecule has 2 N–H and O–H groups in total. The first-order chi connectivity index (χ1) is 22.6. The summed E-state index contributed by atoms with van der Waals surface area (Å²) in [7, 11) is 2.98. The quantitative estimate of drug-likeness (QED) is 0.288. The van der Waals surface area contributed by atoms with Gasteiger partial charge in [0.15, 0.2) is 23.0 Å². The predicted molar refractivity (Wildman–Crippen MR) is 173 cm³/mol. The molecule has 2 aromatic carbocycles. The molecule has 0 bridgehead atoms. The number of benzene rings is 2. The van der Waals surface area contributed by atoms with Crippen LogP contribution in [0.3, 0.4) is 0 Å². The van der Waals surface area contributed by atoms with Crippen molar-refractivity contribution in [2.75, 3.05) is 52.0 Å². The molecule has 0 aliphatic carbocycles. The van der Waals surface area contributed by atoms with Crippen LogP contribution in [0.4, 0.5) is 16.2 Å². The molecule has 6 rings (SSSR count). The van der Waals surface area contributed by atoms with Crippen molar-refractivity contribution in [3.05, 3.63) is 59.7 Å². The molecule has 2 aromatic rings. The van der Waals surface area contributed by atoms with E-state index in [2.05, 4.69) is 18.2 Å². The first kappa shape index (κ1) is 31.9. The number of carboxylic acid groups (broad SMARTS) is 1. The van der Waals surface area contributed by atoms with E-state index in [0.717, 1.165) is 16.9 Å². The number of anilines is 1. The lowest BCUT2D eigenvalue weighted by Crippen LogP contribution is -2.46. The lowest BCUT2D eigenvalue weighted by molar-refractivity contribution is 0.0667. The van der Waals surface area contributed by atoms with Crippen LogP contribution in [0, 0.1) is 0 Å². The molecule has 13 nitrogen and oxygen atoms in total. The number of ether oxygens (including phenoxy) is 4. The second-order valence-corrected chi connectivity index (χ2v) is 12.0. The van der Waals surface area contributed by atoms with Crippen LogP contribution in [0.2, 0.25) is 0 Å². The number of hydrogen-bond donors (Lipinski definition) is 2. The molecule has 3 atom stereocenters. The summed E-state index contributed by atoms with van der Waals surface area (Å²) in [5, 5.41) is 20.6. The number of aliphatic imine (C=N–C) groups is 1. The van der Waals surface area contributed by atoms with Crippen LogP contribution in [0.5, 0.6) is 23.0 Å². The number of hydrogen-bond acceptors (Lipinski definition) is 9. The molecule has 1 unspecified atom stereocenters. The van der Waals surface area contributed by atoms with Crippen molar-refractivity contribution < 1.29 is 43.5 Å². The smallest absolute Gasteiger partial charge is 0.411 e. The first-order valence-electron chi connectivity index (χ1n) is 15.5. The number of nitrogens with zero attached hydrogens (tertiary/aromatic N) is 4. The van der Waals surface area contributed by atoms with Crippen molar-refractivity contribution in [3.63, 3.8) is 0 Å². The Balaban J connectivity index is 1.06. The molecular formula is C34H38N4O9. The van der Waals surface area contributed by atoms with Crippen LogP contribution >= 0.6 is 0 Å². The van der Waals surface area contributed by atoms with Crippen molar-refractivity contribution in [1.29, 1.82) is 0 Å². The van der Waals surface area contributed by atoms with Crippen LogP contribution in [0.1, 0.15) is 46.4 Å². The summed E-state index contributed by atoms with van der Waals surface area (Å²) >= 11 is 0. The van der Waals surface area contributed by atoms with Gasteiger partial charge >= 0.3 is 6.09 Å². The minimum absolute atomic E-state index is 0.100. The van der Waals surface area contributed by atoms with E-state index in [1.165, 1.54) is 31.3 Å². The molecule has 47 heavy (non-hydrogen) atoms. The average molecular weight is 647 g/mol. The van der Waals surface area contributed by atoms with Crippen molar-refractivity contribution in [2.24, 2.45) is 4.99 Å². The van der Waals surface area contributed by atoms with E-state index in [1.807, 2.05) is 0 Å². The Labute approximate surface area is 272 Å². The van der Waals surface area contributed by atoms with Gasteiger partial charge in [0.25, 0.3) is 11.8 Å². The molecule has 0 spiro atoms. The topological polar surface area (TPSA) is 151 Å². The zero-order chi connectivity index (χ0) is 33.4. The minimum Gasteiger partial charge on any atom is -0.493 e. The molecule has 4 heterocycles. The van der Waals surface area contributed by atoms with Crippen LogP contribution in [0.25, 0.3) is 0 Å².